The highest BCUT2D eigenvalue weighted by atomic mass is 32.2. The molecule has 16 heteroatoms. The number of alkyl halides is 3. The van der Waals surface area contributed by atoms with Gasteiger partial charge in [0.05, 0.1) is 36.3 Å². The Morgan fingerprint density at radius 1 is 1.15 bits per heavy atom. The molecule has 0 saturated heterocycles. The van der Waals surface area contributed by atoms with Crippen molar-refractivity contribution in [1.82, 2.24) is 0 Å². The molecule has 1 unspecified atom stereocenters. The third-order valence-electron chi connectivity index (χ3n) is 6.42. The zero-order chi connectivity index (χ0) is 31.0. The summed E-state index contributed by atoms with van der Waals surface area (Å²) in [6, 6.07) is 6.31. The average molecular weight is 609 g/mol. The lowest BCUT2D eigenvalue weighted by Gasteiger charge is -2.38. The van der Waals surface area contributed by atoms with Crippen molar-refractivity contribution < 1.29 is 60.0 Å². The van der Waals surface area contributed by atoms with Gasteiger partial charge >= 0.3 is 18.2 Å². The van der Waals surface area contributed by atoms with Crippen LogP contribution in [0.2, 0.25) is 0 Å². The van der Waals surface area contributed by atoms with Gasteiger partial charge in [-0.1, -0.05) is 0 Å². The molecule has 0 aromatic heterocycles. The molecule has 1 aliphatic rings. The van der Waals surface area contributed by atoms with E-state index in [9.17, 15) is 45.8 Å². The molecule has 41 heavy (non-hydrogen) atoms. The van der Waals surface area contributed by atoms with E-state index < -0.39 is 69.2 Å². The molecule has 1 aliphatic heterocycles. The highest BCUT2D eigenvalue weighted by Crippen LogP contribution is 2.42. The first-order valence-corrected chi connectivity index (χ1v) is 13.4. The molecule has 2 aromatic carbocycles. The Hall–Kier alpha value is -3.79. The summed E-state index contributed by atoms with van der Waals surface area (Å²) in [5, 5.41) is 21.4. The molecule has 0 radical (unpaired) electrons. The van der Waals surface area contributed by atoms with Crippen LogP contribution in [0.15, 0.2) is 41.3 Å². The minimum absolute atomic E-state index is 0.0841. The molecule has 0 bridgehead atoms. The van der Waals surface area contributed by atoms with Crippen molar-refractivity contribution in [2.45, 2.75) is 50.0 Å². The summed E-state index contributed by atoms with van der Waals surface area (Å²) in [4.78, 5) is 23.6. The molecule has 3 N–H and O–H groups in total. The molecule has 0 spiro atoms. The molecule has 0 fully saturated rings. The number of fused-ring (bicyclic) bond motifs is 1. The van der Waals surface area contributed by atoms with Crippen LogP contribution in [0.3, 0.4) is 0 Å². The Balaban J connectivity index is 2.05. The molecule has 1 amide bonds. The number of benzene rings is 2. The quantitative estimate of drug-likeness (QED) is 0.357. The molecular weight excluding hydrogens is 580 g/mol. The van der Waals surface area contributed by atoms with E-state index in [1.807, 2.05) is 0 Å². The van der Waals surface area contributed by atoms with Crippen LogP contribution in [0.4, 0.5) is 33.7 Å². The number of rotatable bonds is 9. The SMILES string of the molecule is COc1cc(S(=O)(=O)N2C[C@H](CC(C)(CO)C(=O)O)Oc3ccc(NC(=O)OC(C)(C)C(F)(F)F)cc32)ccc1F. The van der Waals surface area contributed by atoms with E-state index in [1.165, 1.54) is 19.1 Å². The van der Waals surface area contributed by atoms with E-state index in [4.69, 9.17) is 9.47 Å². The number of nitrogens with zero attached hydrogens (tertiary/aromatic N) is 1. The maximum Gasteiger partial charge on any atom is 0.427 e. The van der Waals surface area contributed by atoms with Gasteiger partial charge in [0.15, 0.2) is 11.6 Å². The minimum Gasteiger partial charge on any atom is -0.494 e. The number of methoxy groups -OCH3 is 1. The summed E-state index contributed by atoms with van der Waals surface area (Å²) in [6.07, 6.45) is -7.76. The number of hydrogen-bond donors (Lipinski definition) is 3. The van der Waals surface area contributed by atoms with Crippen LogP contribution in [0.5, 0.6) is 11.5 Å². The molecule has 3 rings (SSSR count). The molecule has 226 valence electrons. The van der Waals surface area contributed by atoms with Gasteiger partial charge in [-0.05, 0) is 51.1 Å². The van der Waals surface area contributed by atoms with Crippen molar-refractivity contribution in [1.29, 1.82) is 0 Å². The lowest BCUT2D eigenvalue weighted by Crippen LogP contribution is -2.47. The molecule has 0 saturated carbocycles. The number of sulfonamides is 1. The number of nitrogens with one attached hydrogen (secondary N) is 1. The lowest BCUT2D eigenvalue weighted by molar-refractivity contribution is -0.242. The molecule has 2 atom stereocenters. The van der Waals surface area contributed by atoms with Crippen molar-refractivity contribution >= 4 is 33.5 Å². The summed E-state index contributed by atoms with van der Waals surface area (Å²) in [5.41, 5.74) is -4.86. The third-order valence-corrected chi connectivity index (χ3v) is 8.20. The van der Waals surface area contributed by atoms with E-state index in [-0.39, 0.29) is 29.3 Å². The van der Waals surface area contributed by atoms with Gasteiger partial charge in [-0.3, -0.25) is 14.4 Å². The van der Waals surface area contributed by atoms with Crippen LogP contribution in [0.1, 0.15) is 27.2 Å². The van der Waals surface area contributed by atoms with Gasteiger partial charge in [0.1, 0.15) is 11.9 Å². The molecule has 0 aliphatic carbocycles. The lowest BCUT2D eigenvalue weighted by atomic mass is 9.85. The van der Waals surface area contributed by atoms with Gasteiger partial charge in [0.25, 0.3) is 10.0 Å². The van der Waals surface area contributed by atoms with Crippen LogP contribution in [-0.2, 0) is 19.6 Å². The van der Waals surface area contributed by atoms with Crippen LogP contribution in [0, 0.1) is 11.2 Å². The standard InChI is InChI=1S/C25H28F4N2O9S/c1-23(2,25(27,28)29)40-22(35)30-14-5-8-19-18(9-14)31(12-15(39-19)11-24(3,13-32)21(33)34)41(36,37)16-6-7-17(26)20(10-16)38-4/h5-10,15,32H,11-13H2,1-4H3,(H,30,35)(H,33,34)/t15-,24?/m0/s1. The van der Waals surface area contributed by atoms with Crippen molar-refractivity contribution in [2.24, 2.45) is 5.41 Å². The van der Waals surface area contributed by atoms with Crippen LogP contribution in [-0.4, -0.2) is 68.8 Å². The van der Waals surface area contributed by atoms with Crippen LogP contribution < -0.4 is 19.1 Å². The fraction of sp³-hybridized carbons (Fsp3) is 0.440. The van der Waals surface area contributed by atoms with Crippen LogP contribution in [0.25, 0.3) is 0 Å². The Morgan fingerprint density at radius 2 is 1.80 bits per heavy atom. The Kier molecular flexibility index (Phi) is 8.70. The Bertz CT molecular complexity index is 1430. The Morgan fingerprint density at radius 3 is 2.37 bits per heavy atom. The number of halogens is 4. The first kappa shape index (κ1) is 31.7. The maximum absolute atomic E-state index is 14.0. The van der Waals surface area contributed by atoms with Crippen LogP contribution >= 0.6 is 0 Å². The zero-order valence-electron chi connectivity index (χ0n) is 22.3. The fourth-order valence-corrected chi connectivity index (χ4v) is 5.32. The largest absolute Gasteiger partial charge is 0.494 e. The van der Waals surface area contributed by atoms with E-state index in [0.29, 0.717) is 13.8 Å². The fourth-order valence-electron chi connectivity index (χ4n) is 3.81. The first-order chi connectivity index (χ1) is 18.8. The van der Waals surface area contributed by atoms with Gasteiger partial charge < -0.3 is 24.4 Å². The predicted molar refractivity (Wildman–Crippen MR) is 136 cm³/mol. The summed E-state index contributed by atoms with van der Waals surface area (Å²) >= 11 is 0. The summed E-state index contributed by atoms with van der Waals surface area (Å²) in [7, 11) is -3.40. The normalized spacial score (nSPS) is 17.1. The number of aliphatic hydroxyl groups excluding tert-OH is 1. The predicted octanol–water partition coefficient (Wildman–Crippen LogP) is 4.15. The average Bonchev–Trinajstić information content (AvgIpc) is 2.87. The summed E-state index contributed by atoms with van der Waals surface area (Å²) < 4.78 is 96.9. The minimum atomic E-state index is -4.87. The number of hydrogen-bond acceptors (Lipinski definition) is 8. The van der Waals surface area contributed by atoms with E-state index in [2.05, 4.69) is 10.1 Å². The number of carbonyl (C=O) groups is 2. The third kappa shape index (κ3) is 6.59. The second-order valence-corrected chi connectivity index (χ2v) is 11.9. The van der Waals surface area contributed by atoms with E-state index in [1.54, 1.807) is 0 Å². The highest BCUT2D eigenvalue weighted by molar-refractivity contribution is 7.92. The number of carboxylic acids is 1. The number of ether oxygens (including phenoxy) is 3. The van der Waals surface area contributed by atoms with Gasteiger partial charge in [-0.15, -0.1) is 0 Å². The number of amides is 1. The Labute approximate surface area is 232 Å². The van der Waals surface area contributed by atoms with Gasteiger partial charge in [-0.2, -0.15) is 13.2 Å². The summed E-state index contributed by atoms with van der Waals surface area (Å²) in [5.74, 6) is -2.65. The number of aliphatic carboxylic acids is 1. The van der Waals surface area contributed by atoms with Crippen molar-refractivity contribution in [2.75, 3.05) is 29.9 Å². The first-order valence-electron chi connectivity index (χ1n) is 11.9. The zero-order valence-corrected chi connectivity index (χ0v) is 23.1. The number of carboxylic acid groups (broad SMARTS) is 1. The van der Waals surface area contributed by atoms with Crippen molar-refractivity contribution in [3.05, 3.63) is 42.2 Å². The smallest absolute Gasteiger partial charge is 0.427 e. The highest BCUT2D eigenvalue weighted by Gasteiger charge is 2.51. The molecular formula is C25H28F4N2O9S. The van der Waals surface area contributed by atoms with E-state index in [0.717, 1.165) is 35.7 Å². The summed E-state index contributed by atoms with van der Waals surface area (Å²) in [6.45, 7) is 1.29. The molecule has 2 aromatic rings. The topological polar surface area (TPSA) is 152 Å². The number of carbonyl (C=O) groups excluding carboxylic acids is 1. The van der Waals surface area contributed by atoms with Gasteiger partial charge in [0.2, 0.25) is 5.60 Å². The van der Waals surface area contributed by atoms with Crippen molar-refractivity contribution in [3.63, 3.8) is 0 Å². The van der Waals surface area contributed by atoms with E-state index >= 15 is 0 Å². The second kappa shape index (κ2) is 11.2. The number of anilines is 2. The maximum atomic E-state index is 14.0. The molecule has 11 nitrogen and oxygen atoms in total. The number of aliphatic hydroxyl groups is 1. The second-order valence-electron chi connectivity index (χ2n) is 10.0. The molecule has 1 heterocycles. The van der Waals surface area contributed by atoms with Gasteiger partial charge in [-0.25, -0.2) is 17.6 Å². The monoisotopic (exact) mass is 608 g/mol. The van der Waals surface area contributed by atoms with Crippen molar-refractivity contribution in [3.8, 4) is 11.5 Å². The van der Waals surface area contributed by atoms with Gasteiger partial charge in [0, 0.05) is 18.2 Å².